The fraction of sp³-hybridized carbons (Fsp3) is 0.938. The van der Waals surface area contributed by atoms with E-state index in [1.165, 1.54) is 0 Å². The van der Waals surface area contributed by atoms with Crippen molar-refractivity contribution in [1.29, 1.82) is 0 Å². The maximum Gasteiger partial charge on any atom is 0.309 e. The van der Waals surface area contributed by atoms with Gasteiger partial charge in [0.1, 0.15) is 0 Å². The molecule has 112 valence electrons. The van der Waals surface area contributed by atoms with Crippen LogP contribution in [0, 0.1) is 11.3 Å². The molecule has 0 spiro atoms. The molecule has 1 N–H and O–H groups in total. The van der Waals surface area contributed by atoms with Crippen LogP contribution >= 0.6 is 0 Å². The molecule has 4 nitrogen and oxygen atoms in total. The molecule has 4 aliphatic rings. The van der Waals surface area contributed by atoms with Crippen molar-refractivity contribution in [2.45, 2.75) is 82.2 Å². The number of carboxylic acids is 1. The van der Waals surface area contributed by atoms with E-state index in [4.69, 9.17) is 9.47 Å². The second kappa shape index (κ2) is 3.77. The summed E-state index contributed by atoms with van der Waals surface area (Å²) in [7, 11) is 0. The van der Waals surface area contributed by atoms with E-state index in [1.807, 2.05) is 0 Å². The second-order valence-corrected chi connectivity index (χ2v) is 7.98. The van der Waals surface area contributed by atoms with Gasteiger partial charge in [-0.3, -0.25) is 4.79 Å². The number of epoxide rings is 2. The molecule has 4 rings (SSSR count). The van der Waals surface area contributed by atoms with Gasteiger partial charge >= 0.3 is 5.97 Å². The lowest BCUT2D eigenvalue weighted by molar-refractivity contribution is -0.152. The Morgan fingerprint density at radius 3 is 2.50 bits per heavy atom. The van der Waals surface area contributed by atoms with Gasteiger partial charge < -0.3 is 14.6 Å². The topological polar surface area (TPSA) is 62.4 Å². The van der Waals surface area contributed by atoms with Crippen LogP contribution in [0.5, 0.6) is 0 Å². The van der Waals surface area contributed by atoms with Gasteiger partial charge in [-0.1, -0.05) is 0 Å². The number of hydrogen-bond acceptors (Lipinski definition) is 3. The van der Waals surface area contributed by atoms with E-state index < -0.39 is 11.4 Å². The van der Waals surface area contributed by atoms with Crippen molar-refractivity contribution >= 4 is 5.97 Å². The average Bonchev–Trinajstić information content (AvgIpc) is 3.22. The molecule has 2 aliphatic carbocycles. The van der Waals surface area contributed by atoms with Gasteiger partial charge in [0, 0.05) is 0 Å². The summed E-state index contributed by atoms with van der Waals surface area (Å²) in [4.78, 5) is 11.9. The van der Waals surface area contributed by atoms with Crippen molar-refractivity contribution in [2.75, 3.05) is 0 Å². The van der Waals surface area contributed by atoms with Gasteiger partial charge in [-0.15, -0.1) is 0 Å². The van der Waals surface area contributed by atoms with Crippen LogP contribution in [0.25, 0.3) is 0 Å². The Hall–Kier alpha value is -0.610. The highest BCUT2D eigenvalue weighted by molar-refractivity contribution is 5.75. The maximum atomic E-state index is 11.9. The SMILES string of the molecule is CC12CCC(CC3CCC4OC4(C)C3)(C(=O)O)CC1O2. The number of fused-ring (bicyclic) bond motifs is 2. The first-order valence-electron chi connectivity index (χ1n) is 7.94. The monoisotopic (exact) mass is 280 g/mol. The maximum absolute atomic E-state index is 11.9. The van der Waals surface area contributed by atoms with Crippen LogP contribution in [0.1, 0.15) is 58.8 Å². The Kier molecular flexibility index (Phi) is 2.47. The largest absolute Gasteiger partial charge is 0.481 e. The summed E-state index contributed by atoms with van der Waals surface area (Å²) in [6.45, 7) is 4.30. The molecule has 0 aromatic carbocycles. The van der Waals surface area contributed by atoms with Crippen LogP contribution in [0.4, 0.5) is 0 Å². The van der Waals surface area contributed by atoms with Gasteiger partial charge in [0.15, 0.2) is 0 Å². The highest BCUT2D eigenvalue weighted by Crippen LogP contribution is 2.58. The van der Waals surface area contributed by atoms with Gasteiger partial charge in [-0.2, -0.15) is 0 Å². The zero-order valence-electron chi connectivity index (χ0n) is 12.4. The van der Waals surface area contributed by atoms with Crippen LogP contribution in [0.2, 0.25) is 0 Å². The lowest BCUT2D eigenvalue weighted by Crippen LogP contribution is -2.41. The first-order chi connectivity index (χ1) is 9.35. The predicted octanol–water partition coefficient (Wildman–Crippen LogP) is 2.75. The number of carbonyl (C=O) groups is 1. The molecule has 0 aromatic rings. The number of carboxylic acid groups (broad SMARTS) is 1. The van der Waals surface area contributed by atoms with E-state index >= 15 is 0 Å². The number of aliphatic carboxylic acids is 1. The lowest BCUT2D eigenvalue weighted by atomic mass is 9.64. The summed E-state index contributed by atoms with van der Waals surface area (Å²) in [5.41, 5.74) is -0.506. The predicted molar refractivity (Wildman–Crippen MR) is 72.4 cm³/mol. The summed E-state index contributed by atoms with van der Waals surface area (Å²) in [5, 5.41) is 9.79. The molecular weight excluding hydrogens is 256 g/mol. The molecule has 2 heterocycles. The van der Waals surface area contributed by atoms with Crippen molar-refractivity contribution in [1.82, 2.24) is 0 Å². The minimum Gasteiger partial charge on any atom is -0.481 e. The van der Waals surface area contributed by atoms with Crippen LogP contribution in [0.15, 0.2) is 0 Å². The quantitative estimate of drug-likeness (QED) is 0.807. The minimum atomic E-state index is -0.612. The lowest BCUT2D eigenvalue weighted by Gasteiger charge is -2.37. The molecule has 2 saturated carbocycles. The number of rotatable bonds is 3. The molecule has 0 aromatic heterocycles. The van der Waals surface area contributed by atoms with E-state index in [1.54, 1.807) is 0 Å². The van der Waals surface area contributed by atoms with Crippen LogP contribution in [-0.2, 0) is 14.3 Å². The van der Waals surface area contributed by atoms with Gasteiger partial charge in [-0.25, -0.2) is 0 Å². The second-order valence-electron chi connectivity index (χ2n) is 7.98. The van der Waals surface area contributed by atoms with E-state index in [0.717, 1.165) is 38.5 Å². The Morgan fingerprint density at radius 1 is 1.10 bits per heavy atom. The molecule has 4 fully saturated rings. The molecule has 2 aliphatic heterocycles. The van der Waals surface area contributed by atoms with E-state index in [-0.39, 0.29) is 17.3 Å². The summed E-state index contributed by atoms with van der Waals surface area (Å²) in [6, 6.07) is 0. The third-order valence-electron chi connectivity index (χ3n) is 6.41. The van der Waals surface area contributed by atoms with Gasteiger partial charge in [-0.05, 0) is 64.7 Å². The standard InChI is InChI=1S/C16H24O4/c1-14-5-6-16(13(17)18,9-12(14)20-14)8-10-3-4-11-15(2,7-10)19-11/h10-12H,3-9H2,1-2H3,(H,17,18). The Balaban J connectivity index is 1.48. The molecule has 6 atom stereocenters. The third-order valence-corrected chi connectivity index (χ3v) is 6.41. The number of hydrogen-bond donors (Lipinski definition) is 1. The van der Waals surface area contributed by atoms with Gasteiger partial charge in [0.25, 0.3) is 0 Å². The first kappa shape index (κ1) is 13.1. The summed E-state index contributed by atoms with van der Waals surface area (Å²) in [5.74, 6) is -0.114. The minimum absolute atomic E-state index is 0.0117. The Morgan fingerprint density at radius 2 is 1.85 bits per heavy atom. The highest BCUT2D eigenvalue weighted by atomic mass is 16.6. The molecule has 0 bridgehead atoms. The normalized spacial score (nSPS) is 56.6. The fourth-order valence-electron chi connectivity index (χ4n) is 4.80. The van der Waals surface area contributed by atoms with E-state index in [0.29, 0.717) is 18.4 Å². The van der Waals surface area contributed by atoms with Crippen molar-refractivity contribution in [3.05, 3.63) is 0 Å². The summed E-state index contributed by atoms with van der Waals surface area (Å²) >= 11 is 0. The van der Waals surface area contributed by atoms with Crippen molar-refractivity contribution in [3.63, 3.8) is 0 Å². The van der Waals surface area contributed by atoms with Crippen molar-refractivity contribution in [2.24, 2.45) is 11.3 Å². The van der Waals surface area contributed by atoms with E-state index in [9.17, 15) is 9.90 Å². The Labute approximate surface area is 119 Å². The van der Waals surface area contributed by atoms with Crippen molar-refractivity contribution in [3.8, 4) is 0 Å². The Bertz CT molecular complexity index is 463. The van der Waals surface area contributed by atoms with Gasteiger partial charge in [0.05, 0.1) is 28.8 Å². The summed E-state index contributed by atoms with van der Waals surface area (Å²) in [6.07, 6.45) is 7.07. The molecule has 6 unspecified atom stereocenters. The average molecular weight is 280 g/mol. The fourth-order valence-corrected chi connectivity index (χ4v) is 4.80. The first-order valence-corrected chi connectivity index (χ1v) is 7.94. The van der Waals surface area contributed by atoms with Crippen LogP contribution < -0.4 is 0 Å². The molecule has 4 heteroatoms. The smallest absolute Gasteiger partial charge is 0.309 e. The highest BCUT2D eigenvalue weighted by Gasteiger charge is 2.63. The van der Waals surface area contributed by atoms with Gasteiger partial charge in [0.2, 0.25) is 0 Å². The molecule has 0 amide bonds. The molecule has 20 heavy (non-hydrogen) atoms. The van der Waals surface area contributed by atoms with Crippen molar-refractivity contribution < 1.29 is 19.4 Å². The summed E-state index contributed by atoms with van der Waals surface area (Å²) < 4.78 is 11.5. The molecular formula is C16H24O4. The van der Waals surface area contributed by atoms with Crippen LogP contribution in [-0.4, -0.2) is 34.5 Å². The molecule has 0 radical (unpaired) electrons. The third kappa shape index (κ3) is 1.84. The zero-order chi connectivity index (χ0) is 14.2. The van der Waals surface area contributed by atoms with Crippen LogP contribution in [0.3, 0.4) is 0 Å². The number of ether oxygens (including phenoxy) is 2. The zero-order valence-corrected chi connectivity index (χ0v) is 12.4. The van der Waals surface area contributed by atoms with E-state index in [2.05, 4.69) is 13.8 Å². The molecule has 2 saturated heterocycles.